The van der Waals surface area contributed by atoms with Gasteiger partial charge in [0.2, 0.25) is 0 Å². The molecule has 138 valence electrons. The van der Waals surface area contributed by atoms with Gasteiger partial charge in [0.15, 0.2) is 5.11 Å². The normalized spacial score (nSPS) is 11.4. The molecule has 1 atom stereocenters. The molecule has 8 heteroatoms. The van der Waals surface area contributed by atoms with Crippen molar-refractivity contribution in [3.05, 3.63) is 51.9 Å². The summed E-state index contributed by atoms with van der Waals surface area (Å²) in [4.78, 5) is 24.4. The Bertz CT molecular complexity index is 818. The molecule has 1 heterocycles. The first-order valence-corrected chi connectivity index (χ1v) is 9.04. The number of ether oxygens (including phenoxy) is 2. The highest BCUT2D eigenvalue weighted by atomic mass is 32.1. The Labute approximate surface area is 161 Å². The molecule has 6 nitrogen and oxygen atoms in total. The molecule has 0 aliphatic heterocycles. The van der Waals surface area contributed by atoms with Crippen molar-refractivity contribution in [2.75, 3.05) is 19.5 Å². The van der Waals surface area contributed by atoms with E-state index in [1.807, 2.05) is 37.3 Å². The van der Waals surface area contributed by atoms with Gasteiger partial charge in [0.1, 0.15) is 9.88 Å². The van der Waals surface area contributed by atoms with Crippen LogP contribution in [-0.4, -0.2) is 31.3 Å². The molecule has 0 fully saturated rings. The van der Waals surface area contributed by atoms with Gasteiger partial charge in [-0.05, 0) is 37.2 Å². The molecule has 0 saturated carbocycles. The van der Waals surface area contributed by atoms with Crippen molar-refractivity contribution in [1.82, 2.24) is 5.32 Å². The van der Waals surface area contributed by atoms with E-state index in [2.05, 4.69) is 10.6 Å². The van der Waals surface area contributed by atoms with Crippen LogP contribution in [-0.2, 0) is 9.47 Å². The van der Waals surface area contributed by atoms with E-state index in [-0.39, 0.29) is 11.6 Å². The Morgan fingerprint density at radius 3 is 2.31 bits per heavy atom. The maximum Gasteiger partial charge on any atom is 0.348 e. The third-order valence-corrected chi connectivity index (χ3v) is 5.19. The number of carbonyl (C=O) groups is 2. The molecule has 2 rings (SSSR count). The number of hydrogen-bond acceptors (Lipinski definition) is 6. The zero-order chi connectivity index (χ0) is 19.3. The van der Waals surface area contributed by atoms with Gasteiger partial charge in [0, 0.05) is 0 Å². The third-order valence-electron chi connectivity index (χ3n) is 3.78. The third kappa shape index (κ3) is 4.39. The summed E-state index contributed by atoms with van der Waals surface area (Å²) in [7, 11) is 2.58. The second-order valence-corrected chi connectivity index (χ2v) is 6.90. The average molecular weight is 393 g/mol. The van der Waals surface area contributed by atoms with Crippen LogP contribution in [0.1, 0.15) is 44.1 Å². The highest BCUT2D eigenvalue weighted by molar-refractivity contribution is 7.80. The summed E-state index contributed by atoms with van der Waals surface area (Å²) in [5.41, 5.74) is 1.84. The quantitative estimate of drug-likeness (QED) is 0.594. The van der Waals surface area contributed by atoms with Gasteiger partial charge in [-0.15, -0.1) is 11.3 Å². The number of thiocarbonyl (C=S) groups is 1. The van der Waals surface area contributed by atoms with Crippen LogP contribution in [0.25, 0.3) is 0 Å². The van der Waals surface area contributed by atoms with E-state index in [0.29, 0.717) is 20.6 Å². The van der Waals surface area contributed by atoms with Crippen LogP contribution in [0.2, 0.25) is 0 Å². The van der Waals surface area contributed by atoms with Crippen LogP contribution in [0, 0.1) is 6.92 Å². The van der Waals surface area contributed by atoms with E-state index < -0.39 is 11.9 Å². The van der Waals surface area contributed by atoms with E-state index in [9.17, 15) is 9.59 Å². The maximum absolute atomic E-state index is 12.1. The zero-order valence-corrected chi connectivity index (χ0v) is 16.5. The first-order valence-electron chi connectivity index (χ1n) is 7.81. The van der Waals surface area contributed by atoms with Crippen LogP contribution in [0.3, 0.4) is 0 Å². The molecule has 2 N–H and O–H groups in total. The number of hydrogen-bond donors (Lipinski definition) is 2. The number of benzene rings is 1. The number of esters is 2. The molecule has 1 aromatic carbocycles. The number of nitrogens with one attached hydrogen (secondary N) is 2. The lowest BCUT2D eigenvalue weighted by Crippen LogP contribution is -2.31. The van der Waals surface area contributed by atoms with Crippen molar-refractivity contribution in [3.63, 3.8) is 0 Å². The van der Waals surface area contributed by atoms with Crippen LogP contribution in [0.5, 0.6) is 0 Å². The number of rotatable bonds is 5. The lowest BCUT2D eigenvalue weighted by molar-refractivity contribution is 0.0601. The van der Waals surface area contributed by atoms with Crippen molar-refractivity contribution < 1.29 is 19.1 Å². The summed E-state index contributed by atoms with van der Waals surface area (Å²) in [6.07, 6.45) is 0. The molecule has 1 unspecified atom stereocenters. The smallest absolute Gasteiger partial charge is 0.348 e. The Hall–Kier alpha value is -2.45. The molecule has 26 heavy (non-hydrogen) atoms. The van der Waals surface area contributed by atoms with Gasteiger partial charge in [-0.3, -0.25) is 0 Å². The summed E-state index contributed by atoms with van der Waals surface area (Å²) < 4.78 is 9.60. The van der Waals surface area contributed by atoms with E-state index in [0.717, 1.165) is 16.9 Å². The SMILES string of the molecule is COC(=O)c1sc(NC(=S)NC(C)c2ccccc2)c(C(=O)OC)c1C. The highest BCUT2D eigenvalue weighted by Gasteiger charge is 2.26. The zero-order valence-electron chi connectivity index (χ0n) is 14.9. The minimum Gasteiger partial charge on any atom is -0.465 e. The topological polar surface area (TPSA) is 76.7 Å². The standard InChI is InChI=1S/C18H20N2O4S2/c1-10-13(16(21)23-3)15(26-14(10)17(22)24-4)20-18(25)19-11(2)12-8-6-5-7-9-12/h5-9,11H,1-4H3,(H2,19,20,25). The number of anilines is 1. The first-order chi connectivity index (χ1) is 12.4. The monoisotopic (exact) mass is 392 g/mol. The Kier molecular flexibility index (Phi) is 6.70. The lowest BCUT2D eigenvalue weighted by Gasteiger charge is -2.17. The largest absolute Gasteiger partial charge is 0.465 e. The molecule has 2 aromatic rings. The fraction of sp³-hybridized carbons (Fsp3) is 0.278. The van der Waals surface area contributed by atoms with Crippen molar-refractivity contribution in [2.24, 2.45) is 0 Å². The molecule has 0 saturated heterocycles. The van der Waals surface area contributed by atoms with Crippen LogP contribution in [0.15, 0.2) is 30.3 Å². The van der Waals surface area contributed by atoms with Gasteiger partial charge in [-0.25, -0.2) is 9.59 Å². The predicted molar refractivity (Wildman–Crippen MR) is 106 cm³/mol. The molecule has 0 amide bonds. The minimum atomic E-state index is -0.546. The molecular weight excluding hydrogens is 372 g/mol. The van der Waals surface area contributed by atoms with Crippen LogP contribution in [0.4, 0.5) is 5.00 Å². The van der Waals surface area contributed by atoms with Gasteiger partial charge in [-0.1, -0.05) is 30.3 Å². The number of methoxy groups -OCH3 is 2. The summed E-state index contributed by atoms with van der Waals surface area (Å²) >= 11 is 6.46. The molecule has 0 aliphatic rings. The van der Waals surface area contributed by atoms with Gasteiger partial charge < -0.3 is 20.1 Å². The van der Waals surface area contributed by atoms with Gasteiger partial charge in [0.05, 0.1) is 25.8 Å². The number of thiophene rings is 1. The van der Waals surface area contributed by atoms with Gasteiger partial charge in [0.25, 0.3) is 0 Å². The van der Waals surface area contributed by atoms with Gasteiger partial charge in [-0.2, -0.15) is 0 Å². The molecular formula is C18H20N2O4S2. The Morgan fingerprint density at radius 2 is 1.73 bits per heavy atom. The van der Waals surface area contributed by atoms with Crippen molar-refractivity contribution >= 4 is 45.6 Å². The van der Waals surface area contributed by atoms with Crippen molar-refractivity contribution in [1.29, 1.82) is 0 Å². The average Bonchev–Trinajstić information content (AvgIpc) is 2.96. The first kappa shape index (κ1) is 19.9. The maximum atomic E-state index is 12.1. The van der Waals surface area contributed by atoms with Crippen LogP contribution >= 0.6 is 23.6 Å². The lowest BCUT2D eigenvalue weighted by atomic mass is 10.1. The molecule has 0 bridgehead atoms. The van der Waals surface area contributed by atoms with Crippen molar-refractivity contribution in [3.8, 4) is 0 Å². The molecule has 0 aliphatic carbocycles. The highest BCUT2D eigenvalue weighted by Crippen LogP contribution is 2.34. The summed E-state index contributed by atoms with van der Waals surface area (Å²) in [5.74, 6) is -1.06. The molecule has 0 radical (unpaired) electrons. The Balaban J connectivity index is 2.23. The summed E-state index contributed by atoms with van der Waals surface area (Å²) in [5, 5.41) is 6.93. The van der Waals surface area contributed by atoms with E-state index in [4.69, 9.17) is 21.7 Å². The van der Waals surface area contributed by atoms with E-state index in [1.54, 1.807) is 6.92 Å². The second kappa shape index (κ2) is 8.77. The fourth-order valence-electron chi connectivity index (χ4n) is 2.40. The second-order valence-electron chi connectivity index (χ2n) is 5.47. The van der Waals surface area contributed by atoms with E-state index in [1.165, 1.54) is 14.2 Å². The predicted octanol–water partition coefficient (Wildman–Crippen LogP) is 3.68. The summed E-state index contributed by atoms with van der Waals surface area (Å²) in [6.45, 7) is 3.65. The van der Waals surface area contributed by atoms with E-state index >= 15 is 0 Å². The van der Waals surface area contributed by atoms with Crippen molar-refractivity contribution in [2.45, 2.75) is 19.9 Å². The van der Waals surface area contributed by atoms with Gasteiger partial charge >= 0.3 is 11.9 Å². The summed E-state index contributed by atoms with van der Waals surface area (Å²) in [6, 6.07) is 9.79. The fourth-order valence-corrected chi connectivity index (χ4v) is 3.86. The minimum absolute atomic E-state index is 0.0288. The Morgan fingerprint density at radius 1 is 1.12 bits per heavy atom. The van der Waals surface area contributed by atoms with Crippen LogP contribution < -0.4 is 10.6 Å². The molecule has 1 aromatic heterocycles. The molecule has 0 spiro atoms. The number of carbonyl (C=O) groups excluding carboxylic acids is 2.